The normalized spacial score (nSPS) is 11.6. The molecule has 0 unspecified atom stereocenters. The van der Waals surface area contributed by atoms with E-state index in [1.165, 1.54) is 27.6 Å². The van der Waals surface area contributed by atoms with Crippen molar-refractivity contribution >= 4 is 16.6 Å². The largest absolute Gasteiger partial charge is 0.289 e. The zero-order valence-corrected chi connectivity index (χ0v) is 13.9. The molecule has 1 aliphatic rings. The quantitative estimate of drug-likeness (QED) is 0.363. The zero-order chi connectivity index (χ0) is 17.0. The van der Waals surface area contributed by atoms with Gasteiger partial charge in [-0.15, -0.1) is 0 Å². The molecule has 25 heavy (non-hydrogen) atoms. The Morgan fingerprint density at radius 3 is 2.00 bits per heavy atom. The summed E-state index contributed by atoms with van der Waals surface area (Å²) in [4.78, 5) is 13.1. The molecule has 1 heteroatoms. The number of hydrogen-bond donors (Lipinski definition) is 0. The van der Waals surface area contributed by atoms with Crippen LogP contribution in [-0.2, 0) is 0 Å². The lowest BCUT2D eigenvalue weighted by atomic mass is 9.93. The molecule has 0 amide bonds. The van der Waals surface area contributed by atoms with Gasteiger partial charge in [-0.05, 0) is 46.0 Å². The smallest absolute Gasteiger partial charge is 0.193 e. The Labute approximate surface area is 146 Å². The average Bonchev–Trinajstić information content (AvgIpc) is 2.98. The summed E-state index contributed by atoms with van der Waals surface area (Å²) in [5.74, 6) is 0.0830. The van der Waals surface area contributed by atoms with E-state index in [4.69, 9.17) is 0 Å². The van der Waals surface area contributed by atoms with Crippen molar-refractivity contribution in [2.75, 3.05) is 0 Å². The average molecular weight is 320 g/mol. The van der Waals surface area contributed by atoms with Crippen LogP contribution in [0.4, 0.5) is 0 Å². The highest BCUT2D eigenvalue weighted by molar-refractivity contribution is 6.23. The summed E-state index contributed by atoms with van der Waals surface area (Å²) >= 11 is 0. The van der Waals surface area contributed by atoms with Gasteiger partial charge in [-0.2, -0.15) is 0 Å². The van der Waals surface area contributed by atoms with Crippen LogP contribution >= 0.6 is 0 Å². The van der Waals surface area contributed by atoms with Crippen LogP contribution in [0.15, 0.2) is 78.9 Å². The highest BCUT2D eigenvalue weighted by Gasteiger charge is 2.23. The molecule has 5 rings (SSSR count). The van der Waals surface area contributed by atoms with Crippen LogP contribution in [0.1, 0.15) is 21.5 Å². The van der Waals surface area contributed by atoms with Crippen molar-refractivity contribution in [1.29, 1.82) is 0 Å². The molecule has 0 aliphatic heterocycles. The van der Waals surface area contributed by atoms with Crippen LogP contribution in [0, 0.1) is 6.92 Å². The first-order valence-corrected chi connectivity index (χ1v) is 8.51. The molecule has 0 saturated heterocycles. The third-order valence-corrected chi connectivity index (χ3v) is 5.11. The maximum atomic E-state index is 13.1. The van der Waals surface area contributed by atoms with Gasteiger partial charge in [0.05, 0.1) is 0 Å². The van der Waals surface area contributed by atoms with E-state index in [2.05, 4.69) is 48.5 Å². The highest BCUT2D eigenvalue weighted by Crippen LogP contribution is 2.47. The minimum absolute atomic E-state index is 0.0830. The minimum Gasteiger partial charge on any atom is -0.289 e. The Morgan fingerprint density at radius 1 is 0.640 bits per heavy atom. The summed E-state index contributed by atoms with van der Waals surface area (Å²) in [7, 11) is 0. The van der Waals surface area contributed by atoms with Gasteiger partial charge in [-0.3, -0.25) is 4.79 Å². The van der Waals surface area contributed by atoms with Gasteiger partial charge in [0, 0.05) is 11.1 Å². The second-order valence-corrected chi connectivity index (χ2v) is 6.63. The van der Waals surface area contributed by atoms with Crippen LogP contribution in [0.3, 0.4) is 0 Å². The molecule has 0 spiro atoms. The van der Waals surface area contributed by atoms with Crippen molar-refractivity contribution in [2.24, 2.45) is 0 Å². The monoisotopic (exact) mass is 320 g/mol. The predicted molar refractivity (Wildman–Crippen MR) is 103 cm³/mol. The summed E-state index contributed by atoms with van der Waals surface area (Å²) in [5, 5.41) is 2.23. The molecule has 118 valence electrons. The summed E-state index contributed by atoms with van der Waals surface area (Å²) in [6.07, 6.45) is 0. The molecule has 1 aliphatic carbocycles. The lowest BCUT2D eigenvalue weighted by Crippen LogP contribution is -2.02. The number of hydrogen-bond acceptors (Lipinski definition) is 1. The van der Waals surface area contributed by atoms with E-state index in [0.29, 0.717) is 0 Å². The maximum absolute atomic E-state index is 13.1. The molecular weight excluding hydrogens is 304 g/mol. The van der Waals surface area contributed by atoms with Crippen LogP contribution in [-0.4, -0.2) is 5.78 Å². The molecule has 1 nitrogen and oxygen atoms in total. The van der Waals surface area contributed by atoms with E-state index >= 15 is 0 Å². The Kier molecular flexibility index (Phi) is 2.92. The van der Waals surface area contributed by atoms with Gasteiger partial charge in [-0.25, -0.2) is 0 Å². The molecule has 0 atom stereocenters. The molecular formula is C24H16O. The van der Waals surface area contributed by atoms with Gasteiger partial charge in [0.1, 0.15) is 0 Å². The van der Waals surface area contributed by atoms with E-state index in [1.807, 2.05) is 37.3 Å². The Bertz CT molecular complexity index is 1120. The molecule has 0 fully saturated rings. The fourth-order valence-electron chi connectivity index (χ4n) is 3.87. The standard InChI is InChI=1S/C24H16O/c1-15-9-11-16(12-10-15)24(25)22-14-13-21-18-6-3-2-5-17(18)19-7-4-8-20(22)23(19)21/h2-14H,1H3. The van der Waals surface area contributed by atoms with E-state index < -0.39 is 0 Å². The number of aryl methyl sites for hydroxylation is 1. The first kappa shape index (κ1) is 14.2. The third kappa shape index (κ3) is 1.99. The predicted octanol–water partition coefficient (Wildman–Crippen LogP) is 6.03. The van der Waals surface area contributed by atoms with Crippen LogP contribution in [0.2, 0.25) is 0 Å². The third-order valence-electron chi connectivity index (χ3n) is 5.11. The summed E-state index contributed by atoms with van der Waals surface area (Å²) < 4.78 is 0. The molecule has 0 aromatic heterocycles. The number of carbonyl (C=O) groups is 1. The molecule has 0 radical (unpaired) electrons. The van der Waals surface area contributed by atoms with Crippen molar-refractivity contribution in [1.82, 2.24) is 0 Å². The van der Waals surface area contributed by atoms with Crippen LogP contribution in [0.25, 0.3) is 33.0 Å². The molecule has 4 aromatic carbocycles. The Morgan fingerprint density at radius 2 is 1.28 bits per heavy atom. The van der Waals surface area contributed by atoms with Gasteiger partial charge in [0.25, 0.3) is 0 Å². The molecule has 4 aromatic rings. The van der Waals surface area contributed by atoms with E-state index in [0.717, 1.165) is 22.1 Å². The first-order chi connectivity index (χ1) is 12.2. The second-order valence-electron chi connectivity index (χ2n) is 6.63. The fourth-order valence-corrected chi connectivity index (χ4v) is 3.87. The van der Waals surface area contributed by atoms with Crippen molar-refractivity contribution in [2.45, 2.75) is 6.92 Å². The number of ketones is 1. The first-order valence-electron chi connectivity index (χ1n) is 8.51. The van der Waals surface area contributed by atoms with Crippen LogP contribution < -0.4 is 0 Å². The number of benzene rings is 4. The Balaban J connectivity index is 1.77. The van der Waals surface area contributed by atoms with Gasteiger partial charge in [0.2, 0.25) is 0 Å². The van der Waals surface area contributed by atoms with Gasteiger partial charge in [-0.1, -0.05) is 78.4 Å². The molecule has 0 N–H and O–H groups in total. The van der Waals surface area contributed by atoms with E-state index in [1.54, 1.807) is 0 Å². The Hall–Kier alpha value is -3.19. The summed E-state index contributed by atoms with van der Waals surface area (Å²) in [6, 6.07) is 26.6. The lowest BCUT2D eigenvalue weighted by molar-refractivity contribution is 0.104. The fraction of sp³-hybridized carbons (Fsp3) is 0.0417. The molecule has 0 bridgehead atoms. The number of fused-ring (bicyclic) bond motifs is 3. The van der Waals surface area contributed by atoms with Crippen molar-refractivity contribution in [3.8, 4) is 22.3 Å². The minimum atomic E-state index is 0.0830. The van der Waals surface area contributed by atoms with Gasteiger partial charge in [0.15, 0.2) is 5.78 Å². The summed E-state index contributed by atoms with van der Waals surface area (Å²) in [5.41, 5.74) is 7.63. The van der Waals surface area contributed by atoms with E-state index in [-0.39, 0.29) is 5.78 Å². The number of rotatable bonds is 2. The second kappa shape index (κ2) is 5.15. The highest BCUT2D eigenvalue weighted by atomic mass is 16.1. The topological polar surface area (TPSA) is 17.1 Å². The van der Waals surface area contributed by atoms with Crippen molar-refractivity contribution in [3.63, 3.8) is 0 Å². The van der Waals surface area contributed by atoms with Crippen molar-refractivity contribution < 1.29 is 4.79 Å². The van der Waals surface area contributed by atoms with Crippen LogP contribution in [0.5, 0.6) is 0 Å². The maximum Gasteiger partial charge on any atom is 0.193 e. The molecule has 0 saturated carbocycles. The lowest BCUT2D eigenvalue weighted by Gasteiger charge is -2.09. The zero-order valence-electron chi connectivity index (χ0n) is 13.9. The number of carbonyl (C=O) groups excluding carboxylic acids is 1. The van der Waals surface area contributed by atoms with Crippen molar-refractivity contribution in [3.05, 3.63) is 95.6 Å². The summed E-state index contributed by atoms with van der Waals surface area (Å²) in [6.45, 7) is 2.03. The SMILES string of the molecule is Cc1ccc(C(=O)c2ccc3c4c(cccc24)-c2ccccc2-3)cc1. The van der Waals surface area contributed by atoms with Gasteiger partial charge >= 0.3 is 0 Å². The van der Waals surface area contributed by atoms with E-state index in [9.17, 15) is 4.79 Å². The van der Waals surface area contributed by atoms with Gasteiger partial charge < -0.3 is 0 Å². The molecule has 0 heterocycles.